The molecular formula is C12H14ClN3O. The van der Waals surface area contributed by atoms with Crippen LogP contribution in [0.2, 0.25) is 5.15 Å². The molecule has 1 aliphatic rings. The Balaban J connectivity index is 2.12. The predicted octanol–water partition coefficient (Wildman–Crippen LogP) is 2.38. The number of hydrogen-bond donors (Lipinski definition) is 1. The molecule has 0 spiro atoms. The van der Waals surface area contributed by atoms with E-state index < -0.39 is 0 Å². The molecule has 2 N–H and O–H groups in total. The van der Waals surface area contributed by atoms with Gasteiger partial charge in [-0.3, -0.25) is 0 Å². The van der Waals surface area contributed by atoms with E-state index in [1.54, 1.807) is 0 Å². The smallest absolute Gasteiger partial charge is 0.177 e. The molecule has 0 saturated heterocycles. The minimum absolute atomic E-state index is 0.169. The van der Waals surface area contributed by atoms with Gasteiger partial charge >= 0.3 is 0 Å². The highest BCUT2D eigenvalue weighted by molar-refractivity contribution is 6.30. The topological polar surface area (TPSA) is 57.0 Å². The van der Waals surface area contributed by atoms with Gasteiger partial charge in [0.2, 0.25) is 0 Å². The number of nitrogens with two attached hydrogens (primary N) is 1. The molecule has 17 heavy (non-hydrogen) atoms. The summed E-state index contributed by atoms with van der Waals surface area (Å²) >= 11 is 6.15. The molecule has 4 nitrogen and oxygen atoms in total. The van der Waals surface area contributed by atoms with Crippen LogP contribution in [0.1, 0.15) is 17.9 Å². The van der Waals surface area contributed by atoms with E-state index >= 15 is 0 Å². The second-order valence-electron chi connectivity index (χ2n) is 4.49. The van der Waals surface area contributed by atoms with E-state index in [4.69, 9.17) is 21.8 Å². The van der Waals surface area contributed by atoms with Gasteiger partial charge in [0, 0.05) is 12.6 Å². The van der Waals surface area contributed by atoms with Gasteiger partial charge in [-0.1, -0.05) is 11.6 Å². The molecule has 0 aromatic carbocycles. The van der Waals surface area contributed by atoms with Gasteiger partial charge in [-0.25, -0.2) is 4.98 Å². The van der Waals surface area contributed by atoms with Crippen LogP contribution in [-0.4, -0.2) is 15.6 Å². The first-order valence-corrected chi connectivity index (χ1v) is 6.10. The molecule has 0 bridgehead atoms. The first kappa shape index (κ1) is 10.9. The lowest BCUT2D eigenvalue weighted by atomic mass is 10.1. The Kier molecular flexibility index (Phi) is 2.49. The number of fused-ring (bicyclic) bond motifs is 1. The van der Waals surface area contributed by atoms with Crippen LogP contribution in [0.4, 0.5) is 0 Å². The summed E-state index contributed by atoms with van der Waals surface area (Å²) in [6, 6.07) is 4.01. The maximum absolute atomic E-state index is 6.15. The van der Waals surface area contributed by atoms with Crippen LogP contribution >= 0.6 is 11.6 Å². The number of aromatic nitrogens is 2. The Morgan fingerprint density at radius 2 is 2.35 bits per heavy atom. The number of imidazole rings is 1. The van der Waals surface area contributed by atoms with Gasteiger partial charge in [-0.2, -0.15) is 0 Å². The molecule has 2 aromatic heterocycles. The zero-order valence-electron chi connectivity index (χ0n) is 9.61. The Morgan fingerprint density at radius 3 is 3.06 bits per heavy atom. The Morgan fingerprint density at radius 1 is 1.53 bits per heavy atom. The third-order valence-electron chi connectivity index (χ3n) is 3.15. The molecule has 2 aromatic rings. The third kappa shape index (κ3) is 1.77. The lowest BCUT2D eigenvalue weighted by Crippen LogP contribution is -2.32. The summed E-state index contributed by atoms with van der Waals surface area (Å²) in [5, 5.41) is 0.570. The predicted molar refractivity (Wildman–Crippen MR) is 66.0 cm³/mol. The van der Waals surface area contributed by atoms with Crippen LogP contribution in [0.25, 0.3) is 11.6 Å². The maximum Gasteiger partial charge on any atom is 0.177 e. The summed E-state index contributed by atoms with van der Waals surface area (Å²) in [7, 11) is 0. The fourth-order valence-electron chi connectivity index (χ4n) is 2.28. The molecule has 1 unspecified atom stereocenters. The second kappa shape index (κ2) is 3.89. The highest BCUT2D eigenvalue weighted by Crippen LogP contribution is 2.30. The van der Waals surface area contributed by atoms with E-state index in [1.807, 2.05) is 19.1 Å². The third-order valence-corrected chi connectivity index (χ3v) is 3.46. The van der Waals surface area contributed by atoms with Crippen LogP contribution in [0.15, 0.2) is 16.5 Å². The van der Waals surface area contributed by atoms with Crippen molar-refractivity contribution in [2.45, 2.75) is 32.4 Å². The van der Waals surface area contributed by atoms with Crippen LogP contribution in [-0.2, 0) is 13.0 Å². The van der Waals surface area contributed by atoms with Gasteiger partial charge in [-0.15, -0.1) is 0 Å². The number of nitrogens with zero attached hydrogens (tertiary/aromatic N) is 2. The van der Waals surface area contributed by atoms with E-state index in [2.05, 4.69) is 9.55 Å². The average Bonchev–Trinajstić information content (AvgIpc) is 2.83. The Hall–Kier alpha value is -1.26. The summed E-state index contributed by atoms with van der Waals surface area (Å²) in [6.45, 7) is 2.67. The molecule has 0 radical (unpaired) electrons. The summed E-state index contributed by atoms with van der Waals surface area (Å²) in [4.78, 5) is 4.39. The van der Waals surface area contributed by atoms with Gasteiger partial charge in [0.05, 0.1) is 5.69 Å². The molecule has 1 atom stereocenters. The van der Waals surface area contributed by atoms with Crippen LogP contribution in [0.3, 0.4) is 0 Å². The summed E-state index contributed by atoms with van der Waals surface area (Å²) in [5.41, 5.74) is 7.06. The number of furan rings is 1. The highest BCUT2D eigenvalue weighted by atomic mass is 35.5. The number of hydrogen-bond acceptors (Lipinski definition) is 3. The van der Waals surface area contributed by atoms with Crippen molar-refractivity contribution in [2.24, 2.45) is 5.73 Å². The first-order chi connectivity index (χ1) is 8.15. The van der Waals surface area contributed by atoms with Crippen molar-refractivity contribution in [3.63, 3.8) is 0 Å². The number of halogens is 1. The Labute approximate surface area is 104 Å². The standard InChI is InChI=1S/C12H14ClN3O/c1-7-2-5-10(17-7)12-15-11(13)9-4-3-8(14)6-16(9)12/h2,5,8H,3-4,6,14H2,1H3. The largest absolute Gasteiger partial charge is 0.458 e. The van der Waals surface area contributed by atoms with E-state index in [9.17, 15) is 0 Å². The van der Waals surface area contributed by atoms with Gasteiger partial charge in [0.1, 0.15) is 5.76 Å². The quantitative estimate of drug-likeness (QED) is 0.847. The van der Waals surface area contributed by atoms with Crippen LogP contribution in [0.5, 0.6) is 0 Å². The van der Waals surface area contributed by atoms with Gasteiger partial charge in [0.25, 0.3) is 0 Å². The molecule has 3 heterocycles. The summed E-state index contributed by atoms with van der Waals surface area (Å²) in [5.74, 6) is 2.41. The monoisotopic (exact) mass is 251 g/mol. The molecule has 0 amide bonds. The fraction of sp³-hybridized carbons (Fsp3) is 0.417. The normalized spacial score (nSPS) is 19.4. The molecule has 1 aliphatic heterocycles. The maximum atomic E-state index is 6.15. The van der Waals surface area contributed by atoms with Crippen LogP contribution in [0, 0.1) is 6.92 Å². The van der Waals surface area contributed by atoms with E-state index in [-0.39, 0.29) is 6.04 Å². The van der Waals surface area contributed by atoms with Crippen molar-refractivity contribution in [3.8, 4) is 11.6 Å². The first-order valence-electron chi connectivity index (χ1n) is 5.72. The molecule has 90 valence electrons. The minimum atomic E-state index is 0.169. The highest BCUT2D eigenvalue weighted by Gasteiger charge is 2.24. The zero-order valence-corrected chi connectivity index (χ0v) is 10.4. The minimum Gasteiger partial charge on any atom is -0.458 e. The fourth-order valence-corrected chi connectivity index (χ4v) is 2.56. The number of aryl methyl sites for hydroxylation is 1. The molecule has 3 rings (SSSR count). The lowest BCUT2D eigenvalue weighted by molar-refractivity contribution is 0.457. The van der Waals surface area contributed by atoms with Crippen molar-refractivity contribution in [2.75, 3.05) is 0 Å². The molecule has 5 heteroatoms. The zero-order chi connectivity index (χ0) is 12.0. The molecule has 0 fully saturated rings. The number of rotatable bonds is 1. The lowest BCUT2D eigenvalue weighted by Gasteiger charge is -2.21. The van der Waals surface area contributed by atoms with Crippen molar-refractivity contribution in [3.05, 3.63) is 28.7 Å². The molecule has 0 aliphatic carbocycles. The Bertz CT molecular complexity index is 558. The van der Waals surface area contributed by atoms with Crippen molar-refractivity contribution < 1.29 is 4.42 Å². The summed E-state index contributed by atoms with van der Waals surface area (Å²) in [6.07, 6.45) is 1.84. The van der Waals surface area contributed by atoms with E-state index in [0.29, 0.717) is 5.15 Å². The van der Waals surface area contributed by atoms with Crippen molar-refractivity contribution >= 4 is 11.6 Å². The molecular weight excluding hydrogens is 238 g/mol. The summed E-state index contributed by atoms with van der Waals surface area (Å²) < 4.78 is 7.68. The van der Waals surface area contributed by atoms with Gasteiger partial charge in [-0.05, 0) is 31.9 Å². The van der Waals surface area contributed by atoms with E-state index in [0.717, 1.165) is 42.4 Å². The van der Waals surface area contributed by atoms with Crippen molar-refractivity contribution in [1.29, 1.82) is 0 Å². The second-order valence-corrected chi connectivity index (χ2v) is 4.85. The SMILES string of the molecule is Cc1ccc(-c2nc(Cl)c3n2CC(N)CC3)o1. The van der Waals surface area contributed by atoms with Crippen molar-refractivity contribution in [1.82, 2.24) is 9.55 Å². The van der Waals surface area contributed by atoms with Gasteiger partial charge < -0.3 is 14.7 Å². The van der Waals surface area contributed by atoms with Gasteiger partial charge in [0.15, 0.2) is 16.7 Å². The van der Waals surface area contributed by atoms with E-state index in [1.165, 1.54) is 0 Å². The molecule has 0 saturated carbocycles. The van der Waals surface area contributed by atoms with Crippen LogP contribution < -0.4 is 5.73 Å². The average molecular weight is 252 g/mol.